The van der Waals surface area contributed by atoms with Gasteiger partial charge < -0.3 is 0 Å². The molecule has 0 amide bonds. The fraction of sp³-hybridized carbons (Fsp3) is 0.182. The van der Waals surface area contributed by atoms with E-state index < -0.39 is 0 Å². The van der Waals surface area contributed by atoms with Crippen LogP contribution in [0.5, 0.6) is 0 Å². The number of hydrogen-bond donors (Lipinski definition) is 0. The van der Waals surface area contributed by atoms with Gasteiger partial charge in [-0.1, -0.05) is 0 Å². The van der Waals surface area contributed by atoms with Crippen LogP contribution in [0, 0.1) is 0 Å². The molecule has 2 aromatic heterocycles. The number of hydrogen-bond acceptors (Lipinski definition) is 2. The van der Waals surface area contributed by atoms with Crippen LogP contribution in [-0.2, 0) is 13.1 Å². The van der Waals surface area contributed by atoms with Crippen LogP contribution in [0.1, 0.15) is 20.8 Å². The van der Waals surface area contributed by atoms with E-state index in [-0.39, 0.29) is 0 Å². The van der Waals surface area contributed by atoms with Crippen molar-refractivity contribution >= 4 is 49.5 Å². The number of rotatable bonds is 9. The summed E-state index contributed by atoms with van der Waals surface area (Å²) in [5.74, 6) is 0. The van der Waals surface area contributed by atoms with E-state index in [1.54, 1.807) is 0 Å². The van der Waals surface area contributed by atoms with E-state index in [1.807, 2.05) is 61.7 Å². The van der Waals surface area contributed by atoms with E-state index in [0.29, 0.717) is 35.9 Å². The summed E-state index contributed by atoms with van der Waals surface area (Å²) in [7, 11) is 0. The van der Waals surface area contributed by atoms with Gasteiger partial charge in [0.2, 0.25) is 0 Å². The molecule has 0 bridgehead atoms. The van der Waals surface area contributed by atoms with Gasteiger partial charge in [-0.25, -0.2) is 0 Å². The predicted molar refractivity (Wildman–Crippen MR) is 124 cm³/mol. The molecule has 4 rings (SSSR count). The first kappa shape index (κ1) is 21.7. The zero-order valence-electron chi connectivity index (χ0n) is 16.0. The number of benzene rings is 2. The summed E-state index contributed by atoms with van der Waals surface area (Å²) in [6.07, 6.45) is 11.5. The van der Waals surface area contributed by atoms with Gasteiger partial charge in [0.1, 0.15) is 0 Å². The Labute approximate surface area is 197 Å². The Hall–Kier alpha value is -1.52. The van der Waals surface area contributed by atoms with Crippen molar-refractivity contribution in [2.45, 2.75) is 22.7 Å². The molecule has 4 nitrogen and oxygen atoms in total. The van der Waals surface area contributed by atoms with E-state index in [2.05, 4.69) is 43.4 Å². The Morgan fingerprint density at radius 2 is 1.07 bits per heavy atom. The average Bonchev–Trinajstić information content (AvgIpc) is 3.46. The molecule has 154 valence electrons. The molecule has 0 saturated carbocycles. The second-order valence-electron chi connectivity index (χ2n) is 6.79. The molecule has 2 aromatic carbocycles. The molecule has 0 fully saturated rings. The maximum absolute atomic E-state index is 6.13. The van der Waals surface area contributed by atoms with Gasteiger partial charge in [0, 0.05) is 0 Å². The molecule has 0 N–H and O–H groups in total. The number of halogens is 2. The minimum absolute atomic E-state index is 0.427. The standard InChI is InChI=1S/C22H20Cl2N4Se2/c23-19-5-1-17(2-6-19)21(13-27-11-9-25-15-27)29-30-22(14-28-12-10-26-16-28)18-3-7-20(24)8-4-18/h1-12,15-16,21-22H,13-14H2. The van der Waals surface area contributed by atoms with Gasteiger partial charge >= 0.3 is 198 Å². The maximum atomic E-state index is 6.13. The van der Waals surface area contributed by atoms with Crippen LogP contribution in [0.2, 0.25) is 10.0 Å². The molecule has 0 aliphatic carbocycles. The molecule has 0 radical (unpaired) electrons. The zero-order chi connectivity index (χ0) is 20.8. The third kappa shape index (κ3) is 6.01. The van der Waals surface area contributed by atoms with Gasteiger partial charge in [-0.15, -0.1) is 0 Å². The Morgan fingerprint density at radius 3 is 1.40 bits per heavy atom. The van der Waals surface area contributed by atoms with Crippen molar-refractivity contribution in [3.63, 3.8) is 0 Å². The van der Waals surface area contributed by atoms with Gasteiger partial charge in [-0.2, -0.15) is 0 Å². The number of nitrogens with zero attached hydrogens (tertiary/aromatic N) is 4. The van der Waals surface area contributed by atoms with Gasteiger partial charge in [0.15, 0.2) is 0 Å². The van der Waals surface area contributed by atoms with Crippen LogP contribution in [-0.4, -0.2) is 45.4 Å². The molecular weight excluding hydrogens is 549 g/mol. The van der Waals surface area contributed by atoms with Crippen LogP contribution in [0.15, 0.2) is 86.0 Å². The van der Waals surface area contributed by atoms with Crippen LogP contribution >= 0.6 is 23.2 Å². The van der Waals surface area contributed by atoms with E-state index in [0.717, 1.165) is 23.1 Å². The van der Waals surface area contributed by atoms with Crippen molar-refractivity contribution in [3.8, 4) is 0 Å². The van der Waals surface area contributed by atoms with Crippen LogP contribution in [0.3, 0.4) is 0 Å². The fourth-order valence-corrected chi connectivity index (χ4v) is 12.6. The van der Waals surface area contributed by atoms with Crippen molar-refractivity contribution in [2.24, 2.45) is 0 Å². The van der Waals surface area contributed by atoms with Gasteiger partial charge in [-0.3, -0.25) is 0 Å². The second-order valence-corrected chi connectivity index (χ2v) is 15.1. The van der Waals surface area contributed by atoms with Crippen molar-refractivity contribution in [1.82, 2.24) is 19.1 Å². The number of aromatic nitrogens is 4. The quantitative estimate of drug-likeness (QED) is 0.269. The van der Waals surface area contributed by atoms with Gasteiger partial charge in [0.05, 0.1) is 0 Å². The molecule has 0 saturated heterocycles. The molecule has 2 unspecified atom stereocenters. The molecule has 30 heavy (non-hydrogen) atoms. The van der Waals surface area contributed by atoms with Crippen LogP contribution in [0.25, 0.3) is 0 Å². The summed E-state index contributed by atoms with van der Waals surface area (Å²) >= 11 is 13.1. The van der Waals surface area contributed by atoms with Crippen molar-refractivity contribution in [2.75, 3.05) is 0 Å². The summed E-state index contributed by atoms with van der Waals surface area (Å²) in [4.78, 5) is 9.35. The molecule has 0 spiro atoms. The monoisotopic (exact) mass is 570 g/mol. The summed E-state index contributed by atoms with van der Waals surface area (Å²) in [6.45, 7) is 1.86. The molecule has 2 heterocycles. The average molecular weight is 569 g/mol. The van der Waals surface area contributed by atoms with Crippen molar-refractivity contribution in [1.29, 1.82) is 0 Å². The SMILES string of the molecule is Clc1ccc(C(Cn2ccnc2)[Se][Se]C(Cn2ccnc2)c2ccc(Cl)cc2)cc1. The topological polar surface area (TPSA) is 35.6 Å². The fourth-order valence-electron chi connectivity index (χ4n) is 3.04. The van der Waals surface area contributed by atoms with Gasteiger partial charge in [-0.05, 0) is 0 Å². The zero-order valence-corrected chi connectivity index (χ0v) is 21.0. The molecule has 0 aliphatic rings. The first-order valence-corrected chi connectivity index (χ1v) is 16.5. The summed E-state index contributed by atoms with van der Waals surface area (Å²) in [5.41, 5.74) is 2.68. The van der Waals surface area contributed by atoms with Crippen LogP contribution < -0.4 is 0 Å². The third-order valence-corrected chi connectivity index (χ3v) is 14.4. The summed E-state index contributed by atoms with van der Waals surface area (Å²) in [6, 6.07) is 16.6. The van der Waals surface area contributed by atoms with Crippen molar-refractivity contribution in [3.05, 3.63) is 107 Å². The number of imidazole rings is 2. The second kappa shape index (κ2) is 10.7. The first-order valence-electron chi connectivity index (χ1n) is 9.42. The minimum atomic E-state index is 0.427. The van der Waals surface area contributed by atoms with Gasteiger partial charge in [0.25, 0.3) is 0 Å². The van der Waals surface area contributed by atoms with E-state index in [4.69, 9.17) is 23.2 Å². The van der Waals surface area contributed by atoms with E-state index >= 15 is 0 Å². The summed E-state index contributed by atoms with van der Waals surface area (Å²) in [5, 5.41) is 1.55. The van der Waals surface area contributed by atoms with E-state index in [9.17, 15) is 0 Å². The Bertz CT molecular complexity index is 934. The molecule has 0 aliphatic heterocycles. The first-order chi connectivity index (χ1) is 14.7. The Morgan fingerprint density at radius 1 is 0.667 bits per heavy atom. The molecule has 8 heteroatoms. The third-order valence-electron chi connectivity index (χ3n) is 4.64. The van der Waals surface area contributed by atoms with Crippen molar-refractivity contribution < 1.29 is 0 Å². The normalized spacial score (nSPS) is 13.3. The Balaban J connectivity index is 1.54. The van der Waals surface area contributed by atoms with Crippen LogP contribution in [0.4, 0.5) is 0 Å². The predicted octanol–water partition coefficient (Wildman–Crippen LogP) is 4.89. The van der Waals surface area contributed by atoms with E-state index in [1.165, 1.54) is 11.1 Å². The molecule has 2 atom stereocenters. The molecular formula is C22H20Cl2N4Se2. The Kier molecular flexibility index (Phi) is 7.72. The summed E-state index contributed by atoms with van der Waals surface area (Å²) < 4.78 is 4.34. The molecule has 4 aromatic rings.